The summed E-state index contributed by atoms with van der Waals surface area (Å²) in [4.78, 5) is 4.85. The Hall–Kier alpha value is -2.11. The van der Waals surface area contributed by atoms with Gasteiger partial charge in [0.15, 0.2) is 0 Å². The fourth-order valence-corrected chi connectivity index (χ4v) is 4.25. The Morgan fingerprint density at radius 3 is 2.41 bits per heavy atom. The Kier molecular flexibility index (Phi) is 6.69. The zero-order valence-corrected chi connectivity index (χ0v) is 17.4. The normalized spacial score (nSPS) is 11.3. The molecule has 0 saturated carbocycles. The average molecular weight is 385 g/mol. The molecular weight excluding hydrogens is 356 g/mol. The lowest BCUT2D eigenvalue weighted by atomic mass is 10.2. The number of fused-ring (bicyclic) bond motifs is 1. The van der Waals surface area contributed by atoms with Gasteiger partial charge in [-0.15, -0.1) is 0 Å². The van der Waals surface area contributed by atoms with Gasteiger partial charge in [0.1, 0.15) is 11.5 Å². The molecule has 2 aromatic carbocycles. The summed E-state index contributed by atoms with van der Waals surface area (Å²) in [5, 5.41) is 1.22. The number of rotatable bonds is 9. The van der Waals surface area contributed by atoms with Crippen LogP contribution in [0.1, 0.15) is 13.8 Å². The second kappa shape index (κ2) is 9.20. The lowest BCUT2D eigenvalue weighted by Gasteiger charge is -2.18. The maximum absolute atomic E-state index is 5.46. The molecule has 1 aromatic heterocycles. The van der Waals surface area contributed by atoms with Gasteiger partial charge in [-0.2, -0.15) is 0 Å². The molecule has 0 bridgehead atoms. The van der Waals surface area contributed by atoms with E-state index >= 15 is 0 Å². The van der Waals surface area contributed by atoms with Gasteiger partial charge in [0, 0.05) is 40.0 Å². The molecule has 0 aliphatic heterocycles. The molecule has 5 heteroatoms. The predicted molar refractivity (Wildman–Crippen MR) is 113 cm³/mol. The van der Waals surface area contributed by atoms with Crippen LogP contribution in [0.25, 0.3) is 10.9 Å². The molecule has 0 radical (unpaired) electrons. The van der Waals surface area contributed by atoms with Crippen molar-refractivity contribution >= 4 is 22.7 Å². The van der Waals surface area contributed by atoms with E-state index in [1.54, 1.807) is 26.0 Å². The van der Waals surface area contributed by atoms with Crippen LogP contribution >= 0.6 is 11.8 Å². The third kappa shape index (κ3) is 4.60. The maximum atomic E-state index is 5.46. The standard InChI is InChI=1S/C22H28N2O2S/c1-5-23(6-2)12-13-24-16-22(20-15-18(26-4)10-11-21(20)24)27-19-9-7-8-17(14-19)25-3/h7-11,14-16H,5-6,12-13H2,1-4H3. The summed E-state index contributed by atoms with van der Waals surface area (Å²) in [5.74, 6) is 1.76. The van der Waals surface area contributed by atoms with Crippen molar-refractivity contribution in [3.05, 3.63) is 48.7 Å². The fraction of sp³-hybridized carbons (Fsp3) is 0.364. The molecule has 27 heavy (non-hydrogen) atoms. The van der Waals surface area contributed by atoms with Crippen molar-refractivity contribution in [2.45, 2.75) is 30.2 Å². The molecule has 0 saturated heterocycles. The van der Waals surface area contributed by atoms with E-state index in [0.29, 0.717) is 0 Å². The molecule has 0 spiro atoms. The Labute approximate surface area is 166 Å². The first-order chi connectivity index (χ1) is 13.2. The molecule has 3 aromatic rings. The monoisotopic (exact) mass is 384 g/mol. The summed E-state index contributed by atoms with van der Waals surface area (Å²) in [7, 11) is 3.42. The van der Waals surface area contributed by atoms with E-state index in [2.05, 4.69) is 53.8 Å². The molecule has 3 rings (SSSR count). The number of benzene rings is 2. The molecule has 144 valence electrons. The summed E-state index contributed by atoms with van der Waals surface area (Å²) in [6.45, 7) is 8.61. The summed E-state index contributed by atoms with van der Waals surface area (Å²) in [5.41, 5.74) is 1.24. The van der Waals surface area contributed by atoms with Gasteiger partial charge in [0.05, 0.1) is 14.2 Å². The molecule has 0 fully saturated rings. The van der Waals surface area contributed by atoms with Crippen LogP contribution in [0, 0.1) is 0 Å². The van der Waals surface area contributed by atoms with Crippen molar-refractivity contribution in [3.63, 3.8) is 0 Å². The van der Waals surface area contributed by atoms with E-state index in [-0.39, 0.29) is 0 Å². The van der Waals surface area contributed by atoms with Gasteiger partial charge in [-0.1, -0.05) is 31.7 Å². The molecule has 1 heterocycles. The Morgan fingerprint density at radius 2 is 1.70 bits per heavy atom. The van der Waals surface area contributed by atoms with Crippen LogP contribution in [0.4, 0.5) is 0 Å². The zero-order valence-electron chi connectivity index (χ0n) is 16.6. The largest absolute Gasteiger partial charge is 0.497 e. The quantitative estimate of drug-likeness (QED) is 0.510. The summed E-state index contributed by atoms with van der Waals surface area (Å²) in [6.07, 6.45) is 2.26. The lowest BCUT2D eigenvalue weighted by molar-refractivity contribution is 0.292. The molecule has 0 atom stereocenters. The van der Waals surface area contributed by atoms with Crippen molar-refractivity contribution in [2.75, 3.05) is 33.9 Å². The predicted octanol–water partition coefficient (Wildman–Crippen LogP) is 5.15. The number of aromatic nitrogens is 1. The molecule has 0 aliphatic carbocycles. The number of hydrogen-bond donors (Lipinski definition) is 0. The third-order valence-electron chi connectivity index (χ3n) is 4.87. The van der Waals surface area contributed by atoms with Crippen molar-refractivity contribution < 1.29 is 9.47 Å². The smallest absolute Gasteiger partial charge is 0.119 e. The Morgan fingerprint density at radius 1 is 0.963 bits per heavy atom. The van der Waals surface area contributed by atoms with Crippen molar-refractivity contribution in [1.29, 1.82) is 0 Å². The molecular formula is C22H28N2O2S. The van der Waals surface area contributed by atoms with Gasteiger partial charge >= 0.3 is 0 Å². The van der Waals surface area contributed by atoms with E-state index in [1.165, 1.54) is 20.7 Å². The highest BCUT2D eigenvalue weighted by Crippen LogP contribution is 2.37. The van der Waals surface area contributed by atoms with Crippen molar-refractivity contribution in [3.8, 4) is 11.5 Å². The van der Waals surface area contributed by atoms with Gasteiger partial charge in [-0.3, -0.25) is 0 Å². The SMILES string of the molecule is CCN(CC)CCn1cc(Sc2cccc(OC)c2)c2cc(OC)ccc21. The summed E-state index contributed by atoms with van der Waals surface area (Å²) < 4.78 is 13.2. The van der Waals surface area contributed by atoms with E-state index in [4.69, 9.17) is 9.47 Å². The summed E-state index contributed by atoms with van der Waals surface area (Å²) in [6, 6.07) is 14.5. The van der Waals surface area contributed by atoms with Crippen molar-refractivity contribution in [1.82, 2.24) is 9.47 Å². The Bertz CT molecular complexity index is 887. The minimum atomic E-state index is 0.878. The first-order valence-electron chi connectivity index (χ1n) is 9.39. The van der Waals surface area contributed by atoms with Gasteiger partial charge < -0.3 is 18.9 Å². The van der Waals surface area contributed by atoms with Gasteiger partial charge in [0.25, 0.3) is 0 Å². The topological polar surface area (TPSA) is 26.6 Å². The van der Waals surface area contributed by atoms with Crippen LogP contribution in [-0.2, 0) is 6.54 Å². The zero-order chi connectivity index (χ0) is 19.2. The number of likely N-dealkylation sites (N-methyl/N-ethyl adjacent to an activating group) is 1. The van der Waals surface area contributed by atoms with Crippen LogP contribution in [-0.4, -0.2) is 43.3 Å². The molecule has 0 unspecified atom stereocenters. The van der Waals surface area contributed by atoms with E-state index in [9.17, 15) is 0 Å². The Balaban J connectivity index is 1.95. The highest BCUT2D eigenvalue weighted by molar-refractivity contribution is 7.99. The number of nitrogens with zero attached hydrogens (tertiary/aromatic N) is 2. The van der Waals surface area contributed by atoms with Crippen LogP contribution in [0.3, 0.4) is 0 Å². The van der Waals surface area contributed by atoms with Gasteiger partial charge in [-0.05, 0) is 49.5 Å². The molecule has 0 N–H and O–H groups in total. The van der Waals surface area contributed by atoms with E-state index in [0.717, 1.165) is 37.7 Å². The second-order valence-electron chi connectivity index (χ2n) is 6.38. The van der Waals surface area contributed by atoms with E-state index < -0.39 is 0 Å². The molecule has 0 amide bonds. The maximum Gasteiger partial charge on any atom is 0.119 e. The van der Waals surface area contributed by atoms with Crippen LogP contribution < -0.4 is 9.47 Å². The first kappa shape index (κ1) is 19.6. The van der Waals surface area contributed by atoms with Crippen molar-refractivity contribution in [2.24, 2.45) is 0 Å². The van der Waals surface area contributed by atoms with E-state index in [1.807, 2.05) is 18.2 Å². The third-order valence-corrected chi connectivity index (χ3v) is 5.91. The second-order valence-corrected chi connectivity index (χ2v) is 7.49. The number of hydrogen-bond acceptors (Lipinski definition) is 4. The number of ether oxygens (including phenoxy) is 2. The minimum absolute atomic E-state index is 0.878. The number of methoxy groups -OCH3 is 2. The highest BCUT2D eigenvalue weighted by Gasteiger charge is 2.12. The van der Waals surface area contributed by atoms with Crippen LogP contribution in [0.2, 0.25) is 0 Å². The fourth-order valence-electron chi connectivity index (χ4n) is 3.22. The highest BCUT2D eigenvalue weighted by atomic mass is 32.2. The lowest BCUT2D eigenvalue weighted by Crippen LogP contribution is -2.26. The minimum Gasteiger partial charge on any atom is -0.497 e. The average Bonchev–Trinajstić information content (AvgIpc) is 3.05. The van der Waals surface area contributed by atoms with Gasteiger partial charge in [0.2, 0.25) is 0 Å². The molecule has 4 nitrogen and oxygen atoms in total. The van der Waals surface area contributed by atoms with Gasteiger partial charge in [-0.25, -0.2) is 0 Å². The van der Waals surface area contributed by atoms with Crippen LogP contribution in [0.5, 0.6) is 11.5 Å². The molecule has 0 aliphatic rings. The first-order valence-corrected chi connectivity index (χ1v) is 10.2. The van der Waals surface area contributed by atoms with Crippen LogP contribution in [0.15, 0.2) is 58.5 Å². The summed E-state index contributed by atoms with van der Waals surface area (Å²) >= 11 is 1.76.